The van der Waals surface area contributed by atoms with Gasteiger partial charge >= 0.3 is 5.97 Å². The number of amides is 1. The molecule has 12 heteroatoms. The van der Waals surface area contributed by atoms with E-state index in [0.29, 0.717) is 11.1 Å². The predicted octanol–water partition coefficient (Wildman–Crippen LogP) is 1.85. The summed E-state index contributed by atoms with van der Waals surface area (Å²) in [6.07, 6.45) is -6.89. The Kier molecular flexibility index (Phi) is 11.2. The van der Waals surface area contributed by atoms with Crippen LogP contribution in [0.3, 0.4) is 0 Å². The summed E-state index contributed by atoms with van der Waals surface area (Å²) in [6, 6.07) is 1.10. The van der Waals surface area contributed by atoms with Crippen LogP contribution in [0.4, 0.5) is 0 Å². The molecule has 0 aliphatic carbocycles. The molecule has 0 bridgehead atoms. The van der Waals surface area contributed by atoms with Gasteiger partial charge in [-0.25, -0.2) is 4.79 Å². The number of benzene rings is 1. The summed E-state index contributed by atoms with van der Waals surface area (Å²) in [5.41, 5.74) is 0.851. The van der Waals surface area contributed by atoms with Crippen molar-refractivity contribution in [1.82, 2.24) is 5.32 Å². The van der Waals surface area contributed by atoms with E-state index in [9.17, 15) is 35.1 Å². The molecule has 43 heavy (non-hydrogen) atoms. The van der Waals surface area contributed by atoms with Crippen molar-refractivity contribution in [2.24, 2.45) is 11.3 Å². The Labute approximate surface area is 252 Å². The number of esters is 1. The number of aromatic hydroxyl groups is 2. The molecular formula is C31H47NO11. The Morgan fingerprint density at radius 1 is 1.19 bits per heavy atom. The van der Waals surface area contributed by atoms with Crippen LogP contribution in [0.5, 0.6) is 11.5 Å². The highest BCUT2D eigenvalue weighted by Crippen LogP contribution is 2.42. The van der Waals surface area contributed by atoms with E-state index >= 15 is 0 Å². The summed E-state index contributed by atoms with van der Waals surface area (Å²) >= 11 is 0. The average Bonchev–Trinajstić information content (AvgIpc) is 2.94. The molecule has 12 nitrogen and oxygen atoms in total. The Hall–Kier alpha value is -2.74. The van der Waals surface area contributed by atoms with Gasteiger partial charge in [-0.2, -0.15) is 0 Å². The lowest BCUT2D eigenvalue weighted by Crippen LogP contribution is -2.59. The molecule has 0 saturated carbocycles. The minimum Gasteiger partial charge on any atom is -0.508 e. The molecule has 1 saturated heterocycles. The average molecular weight is 610 g/mol. The molecule has 0 aromatic heterocycles. The third-order valence-electron chi connectivity index (χ3n) is 9.02. The van der Waals surface area contributed by atoms with E-state index in [4.69, 9.17) is 18.9 Å². The van der Waals surface area contributed by atoms with E-state index in [-0.39, 0.29) is 42.7 Å². The second-order valence-corrected chi connectivity index (χ2v) is 12.5. The van der Waals surface area contributed by atoms with E-state index in [0.717, 1.165) is 11.6 Å². The van der Waals surface area contributed by atoms with Gasteiger partial charge in [0, 0.05) is 50.9 Å². The number of aliphatic hydroxyl groups excluding tert-OH is 3. The lowest BCUT2D eigenvalue weighted by molar-refractivity contribution is -0.217. The van der Waals surface area contributed by atoms with Crippen molar-refractivity contribution >= 4 is 11.9 Å². The lowest BCUT2D eigenvalue weighted by atomic mass is 9.73. The molecule has 9 atom stereocenters. The lowest BCUT2D eigenvalue weighted by Gasteiger charge is -2.48. The predicted molar refractivity (Wildman–Crippen MR) is 155 cm³/mol. The highest BCUT2D eigenvalue weighted by molar-refractivity contribution is 5.96. The summed E-state index contributed by atoms with van der Waals surface area (Å²) in [5, 5.41) is 56.0. The van der Waals surface area contributed by atoms with Gasteiger partial charge in [0.2, 0.25) is 0 Å². The SMILES string of the molecule is C=C(C)CC(OC)C(O)C(=O)N[C@H](OC)C1C[C@H](O)C(C)(C)[C@@H](CC(O)C(C)C2Cc3c(C)c(O)cc(O)c3C(=O)O2)O1. The molecule has 1 aromatic carbocycles. The summed E-state index contributed by atoms with van der Waals surface area (Å²) in [5.74, 6) is -2.57. The van der Waals surface area contributed by atoms with Crippen LogP contribution in [0.25, 0.3) is 0 Å². The van der Waals surface area contributed by atoms with Crippen LogP contribution in [-0.2, 0) is 30.2 Å². The number of methoxy groups -OCH3 is 2. The summed E-state index contributed by atoms with van der Waals surface area (Å²) in [4.78, 5) is 25.6. The standard InChI is InChI=1S/C31H47NO11/c1-14(2)9-22(40-7)27(37)28(38)32-29(41-8)23-13-24(36)31(5,6)25(42-23)12-19(34)16(4)21-10-17-15(3)18(33)11-20(35)26(17)30(39)43-21/h11,16,19,21-25,27,29,33-37H,1,9-10,12-13H2,2-8H3,(H,32,38)/t16?,19?,21?,22?,23?,24-,25+,27?,29+/m0/s1. The topological polar surface area (TPSA) is 184 Å². The quantitative estimate of drug-likeness (QED) is 0.115. The monoisotopic (exact) mass is 609 g/mol. The largest absolute Gasteiger partial charge is 0.508 e. The number of fused-ring (bicyclic) bond motifs is 1. The molecule has 0 radical (unpaired) electrons. The second kappa shape index (κ2) is 13.9. The van der Waals surface area contributed by atoms with Crippen LogP contribution in [0.15, 0.2) is 18.2 Å². The number of carbonyl (C=O) groups is 2. The summed E-state index contributed by atoms with van der Waals surface area (Å²) < 4.78 is 22.7. The van der Waals surface area contributed by atoms with Crippen molar-refractivity contribution in [2.75, 3.05) is 14.2 Å². The molecule has 1 fully saturated rings. The molecule has 0 spiro atoms. The van der Waals surface area contributed by atoms with E-state index in [1.165, 1.54) is 14.2 Å². The van der Waals surface area contributed by atoms with Gasteiger partial charge in [0.25, 0.3) is 5.91 Å². The molecule has 2 heterocycles. The number of hydrogen-bond donors (Lipinski definition) is 6. The molecule has 6 N–H and O–H groups in total. The first-order valence-electron chi connectivity index (χ1n) is 14.5. The fourth-order valence-electron chi connectivity index (χ4n) is 5.80. The molecule has 242 valence electrons. The fourth-order valence-corrected chi connectivity index (χ4v) is 5.80. The Bertz CT molecular complexity index is 1180. The van der Waals surface area contributed by atoms with Crippen molar-refractivity contribution in [3.05, 3.63) is 34.9 Å². The van der Waals surface area contributed by atoms with Crippen LogP contribution in [0.1, 0.15) is 68.4 Å². The van der Waals surface area contributed by atoms with E-state index in [2.05, 4.69) is 11.9 Å². The maximum Gasteiger partial charge on any atom is 0.342 e. The van der Waals surface area contributed by atoms with Crippen LogP contribution < -0.4 is 5.32 Å². The van der Waals surface area contributed by atoms with Crippen LogP contribution in [0, 0.1) is 18.3 Å². The first kappa shape index (κ1) is 34.7. The van der Waals surface area contributed by atoms with Crippen molar-refractivity contribution in [3.63, 3.8) is 0 Å². The number of aliphatic hydroxyl groups is 3. The van der Waals surface area contributed by atoms with Crippen molar-refractivity contribution in [3.8, 4) is 11.5 Å². The minimum absolute atomic E-state index is 0.00479. The van der Waals surface area contributed by atoms with Crippen LogP contribution in [-0.4, -0.2) is 101 Å². The number of ether oxygens (including phenoxy) is 4. The zero-order chi connectivity index (χ0) is 32.4. The highest BCUT2D eigenvalue weighted by atomic mass is 16.6. The number of phenolic OH excluding ortho intramolecular Hbond substituents is 2. The van der Waals surface area contributed by atoms with Gasteiger partial charge in [0.15, 0.2) is 12.3 Å². The van der Waals surface area contributed by atoms with Gasteiger partial charge in [0.1, 0.15) is 29.3 Å². The first-order valence-corrected chi connectivity index (χ1v) is 14.5. The Balaban J connectivity index is 1.73. The third-order valence-corrected chi connectivity index (χ3v) is 9.02. The van der Waals surface area contributed by atoms with Crippen LogP contribution >= 0.6 is 0 Å². The van der Waals surface area contributed by atoms with Crippen molar-refractivity contribution in [2.45, 2.75) is 109 Å². The Morgan fingerprint density at radius 3 is 2.42 bits per heavy atom. The van der Waals surface area contributed by atoms with E-state index in [1.807, 2.05) is 13.8 Å². The third kappa shape index (κ3) is 7.50. The zero-order valence-corrected chi connectivity index (χ0v) is 26.0. The molecule has 6 unspecified atom stereocenters. The second-order valence-electron chi connectivity index (χ2n) is 12.5. The van der Waals surface area contributed by atoms with Gasteiger partial charge in [-0.1, -0.05) is 26.3 Å². The van der Waals surface area contributed by atoms with Gasteiger partial charge in [-0.05, 0) is 31.4 Å². The van der Waals surface area contributed by atoms with E-state index < -0.39 is 72.2 Å². The zero-order valence-electron chi connectivity index (χ0n) is 26.0. The van der Waals surface area contributed by atoms with Crippen LogP contribution in [0.2, 0.25) is 0 Å². The molecule has 3 rings (SSSR count). The Morgan fingerprint density at radius 2 is 1.84 bits per heavy atom. The number of carbonyl (C=O) groups excluding carboxylic acids is 2. The van der Waals surface area contributed by atoms with Gasteiger partial charge < -0.3 is 49.8 Å². The normalized spacial score (nSPS) is 26.8. The highest BCUT2D eigenvalue weighted by Gasteiger charge is 2.48. The molecule has 2 aliphatic rings. The van der Waals surface area contributed by atoms with E-state index in [1.54, 1.807) is 20.8 Å². The molecule has 1 aromatic rings. The molecular weight excluding hydrogens is 562 g/mol. The number of phenols is 2. The van der Waals surface area contributed by atoms with Gasteiger partial charge in [-0.15, -0.1) is 6.58 Å². The number of rotatable bonds is 12. The maximum absolute atomic E-state index is 12.9. The maximum atomic E-state index is 12.9. The fraction of sp³-hybridized carbons (Fsp3) is 0.677. The molecule has 2 aliphatic heterocycles. The van der Waals surface area contributed by atoms with Crippen molar-refractivity contribution < 1.29 is 54.1 Å². The smallest absolute Gasteiger partial charge is 0.342 e. The van der Waals surface area contributed by atoms with Crippen molar-refractivity contribution in [1.29, 1.82) is 0 Å². The first-order chi connectivity index (χ1) is 20.0. The molecule has 1 amide bonds. The minimum atomic E-state index is -1.50. The summed E-state index contributed by atoms with van der Waals surface area (Å²) in [6.45, 7) is 12.6. The number of nitrogens with one attached hydrogen (secondary N) is 1. The number of hydrogen-bond acceptors (Lipinski definition) is 11. The van der Waals surface area contributed by atoms with Gasteiger partial charge in [0.05, 0.1) is 24.4 Å². The summed E-state index contributed by atoms with van der Waals surface area (Å²) in [7, 11) is 2.76. The van der Waals surface area contributed by atoms with Gasteiger partial charge in [-0.3, -0.25) is 4.79 Å². The number of cyclic esters (lactones) is 1.